The van der Waals surface area contributed by atoms with Crippen LogP contribution in [0.4, 0.5) is 5.69 Å². The van der Waals surface area contributed by atoms with Crippen LogP contribution in [0.5, 0.6) is 0 Å². The van der Waals surface area contributed by atoms with Crippen LogP contribution in [0.15, 0.2) is 39.3 Å². The largest absolute Gasteiger partial charge is 0.339 e. The summed E-state index contributed by atoms with van der Waals surface area (Å²) in [4.78, 5) is 12.6. The molecule has 0 bridgehead atoms. The molecule has 156 valence electrons. The number of alkyl halides is 3. The van der Waals surface area contributed by atoms with Crippen LogP contribution in [0.1, 0.15) is 15.9 Å². The van der Waals surface area contributed by atoms with Gasteiger partial charge in [0.15, 0.2) is 5.11 Å². The molecule has 1 amide bonds. The maximum Gasteiger partial charge on any atom is 0.254 e. The third-order valence-electron chi connectivity index (χ3n) is 3.55. The first-order valence-corrected chi connectivity index (χ1v) is 11.6. The summed E-state index contributed by atoms with van der Waals surface area (Å²) in [6.45, 7) is 1.93. The van der Waals surface area contributed by atoms with Crippen LogP contribution in [0.25, 0.3) is 0 Å². The molecule has 1 atom stereocenters. The lowest BCUT2D eigenvalue weighted by molar-refractivity contribution is 0.0934. The number of anilines is 1. The second-order valence-corrected chi connectivity index (χ2v) is 11.1. The van der Waals surface area contributed by atoms with Gasteiger partial charge in [-0.1, -0.05) is 73.9 Å². The van der Waals surface area contributed by atoms with Gasteiger partial charge in [0.2, 0.25) is 3.79 Å². The first-order valence-electron chi connectivity index (χ1n) is 7.74. The number of rotatable bonds is 4. The van der Waals surface area contributed by atoms with E-state index < -0.39 is 15.9 Å². The van der Waals surface area contributed by atoms with Gasteiger partial charge in [0, 0.05) is 14.0 Å². The zero-order chi connectivity index (χ0) is 21.9. The van der Waals surface area contributed by atoms with Gasteiger partial charge in [0.25, 0.3) is 5.91 Å². The van der Waals surface area contributed by atoms with Crippen LogP contribution >= 0.6 is 102 Å². The number of aryl methyl sites for hydroxylation is 1. The normalized spacial score (nSPS) is 12.3. The van der Waals surface area contributed by atoms with E-state index in [0.717, 1.165) is 14.5 Å². The van der Waals surface area contributed by atoms with Crippen LogP contribution in [-0.2, 0) is 0 Å². The number of nitrogens with one attached hydrogen (secondary N) is 3. The van der Waals surface area contributed by atoms with Gasteiger partial charge in [-0.3, -0.25) is 4.79 Å². The molecular formula is C17H12Br2Cl5N3OS. The molecule has 0 saturated heterocycles. The minimum absolute atomic E-state index is 0.131. The fourth-order valence-electron chi connectivity index (χ4n) is 2.12. The first-order chi connectivity index (χ1) is 13.4. The Morgan fingerprint density at radius 1 is 1.07 bits per heavy atom. The van der Waals surface area contributed by atoms with Crippen molar-refractivity contribution in [2.45, 2.75) is 16.9 Å². The van der Waals surface area contributed by atoms with Gasteiger partial charge in [-0.05, 0) is 71.0 Å². The van der Waals surface area contributed by atoms with Crippen molar-refractivity contribution in [3.05, 3.63) is 60.4 Å². The Labute approximate surface area is 215 Å². The van der Waals surface area contributed by atoms with Gasteiger partial charge in [-0.2, -0.15) is 0 Å². The predicted octanol–water partition coefficient (Wildman–Crippen LogP) is 7.24. The highest BCUT2D eigenvalue weighted by Gasteiger charge is 2.35. The molecule has 3 N–H and O–H groups in total. The number of carbonyl (C=O) groups excluding carboxylic acids is 1. The van der Waals surface area contributed by atoms with Crippen molar-refractivity contribution in [2.75, 3.05) is 5.32 Å². The fourth-order valence-corrected chi connectivity index (χ4v) is 4.27. The van der Waals surface area contributed by atoms with Crippen molar-refractivity contribution in [1.82, 2.24) is 10.6 Å². The number of hydrogen-bond acceptors (Lipinski definition) is 2. The van der Waals surface area contributed by atoms with Crippen molar-refractivity contribution >= 4 is 119 Å². The summed E-state index contributed by atoms with van der Waals surface area (Å²) < 4.78 is -0.214. The molecule has 0 saturated carbocycles. The molecule has 0 aliphatic heterocycles. The summed E-state index contributed by atoms with van der Waals surface area (Å²) in [6.07, 6.45) is -1.15. The molecule has 0 heterocycles. The summed E-state index contributed by atoms with van der Waals surface area (Å²) >= 11 is 42.2. The molecule has 0 spiro atoms. The topological polar surface area (TPSA) is 53.2 Å². The molecule has 0 fully saturated rings. The van der Waals surface area contributed by atoms with Crippen molar-refractivity contribution in [3.8, 4) is 0 Å². The Bertz CT molecular complexity index is 955. The smallest absolute Gasteiger partial charge is 0.254 e. The van der Waals surface area contributed by atoms with Crippen molar-refractivity contribution < 1.29 is 4.79 Å². The van der Waals surface area contributed by atoms with Crippen LogP contribution < -0.4 is 16.0 Å². The predicted molar refractivity (Wildman–Crippen MR) is 134 cm³/mol. The van der Waals surface area contributed by atoms with Gasteiger partial charge >= 0.3 is 0 Å². The van der Waals surface area contributed by atoms with E-state index >= 15 is 0 Å². The molecule has 12 heteroatoms. The molecule has 2 aromatic carbocycles. The van der Waals surface area contributed by atoms with E-state index in [-0.39, 0.29) is 15.7 Å². The van der Waals surface area contributed by atoms with Gasteiger partial charge in [0.1, 0.15) is 6.17 Å². The number of benzene rings is 2. The zero-order valence-electron chi connectivity index (χ0n) is 14.4. The Morgan fingerprint density at radius 2 is 1.72 bits per heavy atom. The summed E-state index contributed by atoms with van der Waals surface area (Å²) in [6, 6.07) is 8.18. The molecule has 29 heavy (non-hydrogen) atoms. The molecular weight excluding hydrogens is 631 g/mol. The SMILES string of the molecule is Cc1cc(NC(=S)N[C@@H](NC(=O)c2ccc(Cl)cc2Cl)C(Cl)(Cl)Cl)c(Br)cc1Br. The highest BCUT2D eigenvalue weighted by molar-refractivity contribution is 9.11. The van der Waals surface area contributed by atoms with Crippen LogP contribution in [0.3, 0.4) is 0 Å². The Hall–Kier alpha value is 0.0100. The molecule has 2 rings (SSSR count). The Balaban J connectivity index is 2.15. The number of hydrogen-bond donors (Lipinski definition) is 3. The Kier molecular flexibility index (Phi) is 9.19. The average molecular weight is 643 g/mol. The average Bonchev–Trinajstić information content (AvgIpc) is 2.58. The third-order valence-corrected chi connectivity index (χ3v) is 6.48. The van der Waals surface area contributed by atoms with E-state index in [2.05, 4.69) is 47.8 Å². The second-order valence-electron chi connectivity index (χ2n) is 5.75. The van der Waals surface area contributed by atoms with E-state index in [1.165, 1.54) is 18.2 Å². The van der Waals surface area contributed by atoms with Gasteiger partial charge in [0.05, 0.1) is 16.3 Å². The van der Waals surface area contributed by atoms with Crippen LogP contribution in [-0.4, -0.2) is 21.0 Å². The highest BCUT2D eigenvalue weighted by atomic mass is 79.9. The van der Waals surface area contributed by atoms with Gasteiger partial charge in [-0.15, -0.1) is 0 Å². The minimum Gasteiger partial charge on any atom is -0.339 e. The summed E-state index contributed by atoms with van der Waals surface area (Å²) in [7, 11) is 0. The lowest BCUT2D eigenvalue weighted by Gasteiger charge is -2.28. The monoisotopic (exact) mass is 639 g/mol. The number of amides is 1. The summed E-state index contributed by atoms with van der Waals surface area (Å²) in [5, 5.41) is 9.03. The van der Waals surface area contributed by atoms with Crippen LogP contribution in [0, 0.1) is 6.92 Å². The molecule has 0 unspecified atom stereocenters. The van der Waals surface area contributed by atoms with E-state index in [4.69, 9.17) is 70.2 Å². The van der Waals surface area contributed by atoms with Crippen molar-refractivity contribution in [1.29, 1.82) is 0 Å². The van der Waals surface area contributed by atoms with Crippen molar-refractivity contribution in [2.24, 2.45) is 0 Å². The summed E-state index contributed by atoms with van der Waals surface area (Å²) in [5.41, 5.74) is 1.85. The number of halogens is 7. The molecule has 4 nitrogen and oxygen atoms in total. The zero-order valence-corrected chi connectivity index (χ0v) is 22.2. The second kappa shape index (κ2) is 10.6. The Morgan fingerprint density at radius 3 is 2.31 bits per heavy atom. The molecule has 0 radical (unpaired) electrons. The lowest BCUT2D eigenvalue weighted by Crippen LogP contribution is -2.56. The van der Waals surface area contributed by atoms with E-state index in [9.17, 15) is 4.79 Å². The highest BCUT2D eigenvalue weighted by Crippen LogP contribution is 2.31. The van der Waals surface area contributed by atoms with Gasteiger partial charge < -0.3 is 16.0 Å². The fraction of sp³-hybridized carbons (Fsp3) is 0.176. The third kappa shape index (κ3) is 7.28. The first kappa shape index (κ1) is 25.3. The molecule has 0 aliphatic rings. The molecule has 0 aromatic heterocycles. The van der Waals surface area contributed by atoms with Crippen LogP contribution in [0.2, 0.25) is 10.0 Å². The molecule has 0 aliphatic carbocycles. The van der Waals surface area contributed by atoms with Gasteiger partial charge in [-0.25, -0.2) is 0 Å². The summed E-state index contributed by atoms with van der Waals surface area (Å²) in [5.74, 6) is -0.570. The van der Waals surface area contributed by atoms with E-state index in [1.807, 2.05) is 19.1 Å². The minimum atomic E-state index is -1.91. The number of carbonyl (C=O) groups is 1. The maximum atomic E-state index is 12.6. The standard InChI is InChI=1S/C17H12Br2Cl5N3OS/c1-7-4-13(11(19)6-10(7)18)25-16(29)27-15(17(22,23)24)26-14(28)9-3-2-8(20)5-12(9)21/h2-6,15H,1H3,(H,26,28)(H2,25,27,29)/t15-/m1/s1. The maximum absolute atomic E-state index is 12.6. The quantitative estimate of drug-likeness (QED) is 0.187. The molecule has 2 aromatic rings. The number of thiocarbonyl (C=S) groups is 1. The van der Waals surface area contributed by atoms with E-state index in [1.54, 1.807) is 0 Å². The van der Waals surface area contributed by atoms with E-state index in [0.29, 0.717) is 10.7 Å². The lowest BCUT2D eigenvalue weighted by atomic mass is 10.2. The van der Waals surface area contributed by atoms with Crippen molar-refractivity contribution in [3.63, 3.8) is 0 Å².